The van der Waals surface area contributed by atoms with Gasteiger partial charge >= 0.3 is 0 Å². The van der Waals surface area contributed by atoms with Gasteiger partial charge in [-0.05, 0) is 36.9 Å². The molecule has 0 radical (unpaired) electrons. The second-order valence-electron chi connectivity index (χ2n) is 4.32. The molecule has 16 heavy (non-hydrogen) atoms. The highest BCUT2D eigenvalue weighted by Gasteiger charge is 2.19. The molecule has 3 rings (SSSR count). The van der Waals surface area contributed by atoms with Crippen molar-refractivity contribution in [2.45, 2.75) is 18.8 Å². The summed E-state index contributed by atoms with van der Waals surface area (Å²) in [7, 11) is 0. The largest absolute Gasteiger partial charge is 0.316 e. The summed E-state index contributed by atoms with van der Waals surface area (Å²) in [5.41, 5.74) is 2.29. The average Bonchev–Trinajstić information content (AvgIpc) is 2.73. The summed E-state index contributed by atoms with van der Waals surface area (Å²) in [6, 6.07) is 6.22. The minimum absolute atomic E-state index is 0.563. The van der Waals surface area contributed by atoms with Gasteiger partial charge in [0.15, 0.2) is 0 Å². The summed E-state index contributed by atoms with van der Waals surface area (Å²) in [6.45, 7) is 2.17. The highest BCUT2D eigenvalue weighted by molar-refractivity contribution is 6.34. The van der Waals surface area contributed by atoms with Crippen molar-refractivity contribution in [3.05, 3.63) is 28.9 Å². The minimum Gasteiger partial charge on any atom is -0.316 e. The van der Waals surface area contributed by atoms with E-state index in [1.165, 1.54) is 18.4 Å². The van der Waals surface area contributed by atoms with Gasteiger partial charge in [-0.3, -0.25) is 5.10 Å². The number of rotatable bonds is 1. The minimum atomic E-state index is 0.563. The van der Waals surface area contributed by atoms with E-state index in [9.17, 15) is 0 Å². The average molecular weight is 236 g/mol. The first kappa shape index (κ1) is 10.1. The molecule has 1 saturated heterocycles. The van der Waals surface area contributed by atoms with Crippen LogP contribution in [0.15, 0.2) is 18.2 Å². The molecule has 0 amide bonds. The first-order chi connectivity index (χ1) is 7.86. The van der Waals surface area contributed by atoms with Crippen molar-refractivity contribution >= 4 is 22.5 Å². The van der Waals surface area contributed by atoms with Crippen molar-refractivity contribution < 1.29 is 0 Å². The molecule has 1 aromatic carbocycles. The van der Waals surface area contributed by atoms with E-state index in [-0.39, 0.29) is 0 Å². The molecular formula is C12H14ClN3. The lowest BCUT2D eigenvalue weighted by Crippen LogP contribution is -2.28. The molecule has 1 aromatic heterocycles. The molecule has 2 N–H and O–H groups in total. The van der Waals surface area contributed by atoms with Gasteiger partial charge < -0.3 is 5.32 Å². The van der Waals surface area contributed by atoms with Gasteiger partial charge in [0, 0.05) is 11.9 Å². The fourth-order valence-corrected chi connectivity index (χ4v) is 2.76. The Hall–Kier alpha value is -1.06. The summed E-state index contributed by atoms with van der Waals surface area (Å²) in [6.07, 6.45) is 2.46. The van der Waals surface area contributed by atoms with E-state index in [0.717, 1.165) is 24.0 Å². The number of hydrogen-bond acceptors (Lipinski definition) is 2. The lowest BCUT2D eigenvalue weighted by molar-refractivity contribution is 0.463. The van der Waals surface area contributed by atoms with Crippen LogP contribution in [0, 0.1) is 0 Å². The number of piperidine rings is 1. The molecule has 1 aliphatic heterocycles. The number of halogens is 1. The second-order valence-corrected chi connectivity index (χ2v) is 4.70. The van der Waals surface area contributed by atoms with Crippen LogP contribution in [0.4, 0.5) is 0 Å². The van der Waals surface area contributed by atoms with Crippen LogP contribution in [0.25, 0.3) is 10.9 Å². The molecule has 2 heterocycles. The predicted molar refractivity (Wildman–Crippen MR) is 65.9 cm³/mol. The van der Waals surface area contributed by atoms with E-state index in [2.05, 4.69) is 27.6 Å². The first-order valence-corrected chi connectivity index (χ1v) is 6.07. The molecule has 0 bridgehead atoms. The summed E-state index contributed by atoms with van der Waals surface area (Å²) >= 11 is 6.16. The Morgan fingerprint density at radius 2 is 2.31 bits per heavy atom. The van der Waals surface area contributed by atoms with Gasteiger partial charge in [0.2, 0.25) is 0 Å². The molecule has 0 spiro atoms. The third-order valence-corrected chi connectivity index (χ3v) is 3.58. The summed E-state index contributed by atoms with van der Waals surface area (Å²) in [5.74, 6) is 0.563. The summed E-state index contributed by atoms with van der Waals surface area (Å²) < 4.78 is 0. The third-order valence-electron chi connectivity index (χ3n) is 3.31. The summed E-state index contributed by atoms with van der Waals surface area (Å²) in [5, 5.41) is 12.2. The van der Waals surface area contributed by atoms with Crippen LogP contribution in [-0.2, 0) is 0 Å². The van der Waals surface area contributed by atoms with E-state index in [0.29, 0.717) is 11.1 Å². The van der Waals surface area contributed by atoms with Crippen molar-refractivity contribution in [1.82, 2.24) is 15.5 Å². The number of hydrogen-bond donors (Lipinski definition) is 2. The molecular weight excluding hydrogens is 222 g/mol. The van der Waals surface area contributed by atoms with Crippen LogP contribution >= 0.6 is 11.6 Å². The van der Waals surface area contributed by atoms with E-state index in [1.54, 1.807) is 0 Å². The predicted octanol–water partition coefficient (Wildman–Crippen LogP) is 2.68. The normalized spacial score (nSPS) is 21.4. The highest BCUT2D eigenvalue weighted by atomic mass is 35.5. The number of aromatic amines is 1. The molecule has 2 aromatic rings. The number of benzene rings is 1. The van der Waals surface area contributed by atoms with Gasteiger partial charge in [0.05, 0.1) is 5.52 Å². The van der Waals surface area contributed by atoms with E-state index >= 15 is 0 Å². The molecule has 1 aliphatic rings. The molecule has 1 atom stereocenters. The van der Waals surface area contributed by atoms with Crippen molar-refractivity contribution in [3.63, 3.8) is 0 Å². The van der Waals surface area contributed by atoms with E-state index < -0.39 is 0 Å². The zero-order chi connectivity index (χ0) is 11.0. The van der Waals surface area contributed by atoms with Crippen LogP contribution in [0.3, 0.4) is 0 Å². The number of aromatic nitrogens is 2. The first-order valence-electron chi connectivity index (χ1n) is 5.69. The maximum absolute atomic E-state index is 6.16. The quantitative estimate of drug-likeness (QED) is 0.798. The Labute approximate surface area is 99.2 Å². The lowest BCUT2D eigenvalue weighted by Gasteiger charge is -2.23. The molecule has 4 heteroatoms. The number of H-pyrrole nitrogens is 1. The van der Waals surface area contributed by atoms with Crippen LogP contribution in [-0.4, -0.2) is 23.3 Å². The SMILES string of the molecule is Clc1[nH]nc2cccc(C3CCCNC3)c12. The fraction of sp³-hybridized carbons (Fsp3) is 0.417. The van der Waals surface area contributed by atoms with Crippen LogP contribution in [0.1, 0.15) is 24.3 Å². The van der Waals surface area contributed by atoms with Gasteiger partial charge in [0.25, 0.3) is 0 Å². The molecule has 1 fully saturated rings. The Bertz CT molecular complexity index is 500. The van der Waals surface area contributed by atoms with Crippen molar-refractivity contribution in [2.24, 2.45) is 0 Å². The maximum Gasteiger partial charge on any atom is 0.132 e. The number of nitrogens with zero attached hydrogens (tertiary/aromatic N) is 1. The van der Waals surface area contributed by atoms with Gasteiger partial charge in [-0.2, -0.15) is 5.10 Å². The maximum atomic E-state index is 6.16. The van der Waals surface area contributed by atoms with Crippen LogP contribution in [0.5, 0.6) is 0 Å². The third kappa shape index (κ3) is 1.60. The number of fused-ring (bicyclic) bond motifs is 1. The van der Waals surface area contributed by atoms with Gasteiger partial charge in [0.1, 0.15) is 5.15 Å². The van der Waals surface area contributed by atoms with E-state index in [4.69, 9.17) is 11.6 Å². The lowest BCUT2D eigenvalue weighted by atomic mass is 9.90. The fourth-order valence-electron chi connectivity index (χ4n) is 2.51. The molecule has 84 valence electrons. The zero-order valence-electron chi connectivity index (χ0n) is 8.96. The van der Waals surface area contributed by atoms with Crippen LogP contribution in [0.2, 0.25) is 5.15 Å². The molecule has 3 nitrogen and oxygen atoms in total. The van der Waals surface area contributed by atoms with Gasteiger partial charge in [-0.25, -0.2) is 0 Å². The smallest absolute Gasteiger partial charge is 0.132 e. The van der Waals surface area contributed by atoms with Crippen molar-refractivity contribution in [2.75, 3.05) is 13.1 Å². The Kier molecular flexibility index (Phi) is 2.58. The van der Waals surface area contributed by atoms with E-state index in [1.807, 2.05) is 6.07 Å². The monoisotopic (exact) mass is 235 g/mol. The van der Waals surface area contributed by atoms with Crippen LogP contribution < -0.4 is 5.32 Å². The van der Waals surface area contributed by atoms with Gasteiger partial charge in [-0.15, -0.1) is 0 Å². The highest BCUT2D eigenvalue weighted by Crippen LogP contribution is 2.32. The molecule has 1 unspecified atom stereocenters. The second kappa shape index (κ2) is 4.07. The number of nitrogens with one attached hydrogen (secondary N) is 2. The summed E-state index contributed by atoms with van der Waals surface area (Å²) in [4.78, 5) is 0. The van der Waals surface area contributed by atoms with Crippen molar-refractivity contribution in [3.8, 4) is 0 Å². The topological polar surface area (TPSA) is 40.7 Å². The standard InChI is InChI=1S/C12H14ClN3/c13-12-11-9(8-3-2-6-14-7-8)4-1-5-10(11)15-16-12/h1,4-5,8,14H,2-3,6-7H2,(H,15,16). The Balaban J connectivity index is 2.10. The molecule has 0 saturated carbocycles. The van der Waals surface area contributed by atoms with Crippen molar-refractivity contribution in [1.29, 1.82) is 0 Å². The van der Waals surface area contributed by atoms with Gasteiger partial charge in [-0.1, -0.05) is 23.7 Å². The molecule has 0 aliphatic carbocycles. The Morgan fingerprint density at radius 3 is 3.12 bits per heavy atom. The zero-order valence-corrected chi connectivity index (χ0v) is 9.72. The Morgan fingerprint density at radius 1 is 1.38 bits per heavy atom.